The average Bonchev–Trinajstić information content (AvgIpc) is 2.95. The van der Waals surface area contributed by atoms with Crippen molar-refractivity contribution in [3.8, 4) is 0 Å². The first-order valence-electron chi connectivity index (χ1n) is 7.63. The third kappa shape index (κ3) is 5.14. The Morgan fingerprint density at radius 2 is 1.86 bits per heavy atom. The molecule has 7 heteroatoms. The first kappa shape index (κ1) is 17.1. The number of hydrogen-bond donors (Lipinski definition) is 0. The molecule has 1 aliphatic rings. The molecule has 0 atom stereocenters. The van der Waals surface area contributed by atoms with E-state index >= 15 is 0 Å². The van der Waals surface area contributed by atoms with Crippen LogP contribution in [0.25, 0.3) is 0 Å². The van der Waals surface area contributed by atoms with Crippen LogP contribution in [0.3, 0.4) is 0 Å². The molecule has 0 aromatic carbocycles. The van der Waals surface area contributed by atoms with Crippen LogP contribution in [0.15, 0.2) is 8.68 Å². The lowest BCUT2D eigenvalue weighted by molar-refractivity contribution is -0.131. The zero-order chi connectivity index (χ0) is 15.1. The summed E-state index contributed by atoms with van der Waals surface area (Å²) in [6, 6.07) is 0.456. The van der Waals surface area contributed by atoms with Gasteiger partial charge in [0.25, 0.3) is 0 Å². The van der Waals surface area contributed by atoms with Crippen LogP contribution in [0.4, 0.5) is 0 Å². The van der Waals surface area contributed by atoms with Crippen LogP contribution in [-0.4, -0.2) is 45.1 Å². The molecule has 0 aliphatic heterocycles. The summed E-state index contributed by atoms with van der Waals surface area (Å²) < 4.78 is 1.89. The first-order valence-corrected chi connectivity index (χ1v) is 10.4. The maximum atomic E-state index is 12.4. The molecule has 0 spiro atoms. The molecular weight excluding hydrogens is 322 g/mol. The number of rotatable bonds is 7. The van der Waals surface area contributed by atoms with Gasteiger partial charge in [0.05, 0.1) is 5.75 Å². The molecule has 0 unspecified atom stereocenters. The van der Waals surface area contributed by atoms with E-state index in [0.717, 1.165) is 21.0 Å². The van der Waals surface area contributed by atoms with Crippen molar-refractivity contribution in [3.05, 3.63) is 0 Å². The van der Waals surface area contributed by atoms with Crippen LogP contribution in [0, 0.1) is 0 Å². The summed E-state index contributed by atoms with van der Waals surface area (Å²) >= 11 is 4.81. The van der Waals surface area contributed by atoms with Crippen molar-refractivity contribution < 1.29 is 4.79 Å². The highest BCUT2D eigenvalue weighted by Gasteiger charge is 2.24. The van der Waals surface area contributed by atoms with Crippen molar-refractivity contribution >= 4 is 40.8 Å². The monoisotopic (exact) mass is 345 g/mol. The normalized spacial score (nSPS) is 16.1. The Balaban J connectivity index is 1.83. The predicted octanol–water partition coefficient (Wildman–Crippen LogP) is 3.92. The SMILES string of the molecule is CCSc1nnc(SCC(=O)N(CC)C2CCCCC2)s1. The van der Waals surface area contributed by atoms with Crippen LogP contribution >= 0.6 is 34.9 Å². The number of carbonyl (C=O) groups excluding carboxylic acids is 1. The molecule has 1 heterocycles. The second-order valence-electron chi connectivity index (χ2n) is 5.03. The molecule has 1 fully saturated rings. The number of carbonyl (C=O) groups is 1. The maximum absolute atomic E-state index is 12.4. The van der Waals surface area contributed by atoms with Gasteiger partial charge in [0.1, 0.15) is 0 Å². The maximum Gasteiger partial charge on any atom is 0.233 e. The summed E-state index contributed by atoms with van der Waals surface area (Å²) in [4.78, 5) is 14.5. The van der Waals surface area contributed by atoms with E-state index in [9.17, 15) is 4.79 Å². The van der Waals surface area contributed by atoms with Crippen LogP contribution in [-0.2, 0) is 4.79 Å². The highest BCUT2D eigenvalue weighted by Crippen LogP contribution is 2.29. The Kier molecular flexibility index (Phi) is 7.33. The quantitative estimate of drug-likeness (QED) is 0.701. The fraction of sp³-hybridized carbons (Fsp3) is 0.786. The number of nitrogens with zero attached hydrogens (tertiary/aromatic N) is 3. The van der Waals surface area contributed by atoms with Gasteiger partial charge < -0.3 is 4.90 Å². The molecule has 1 aromatic heterocycles. The lowest BCUT2D eigenvalue weighted by atomic mass is 9.94. The smallest absolute Gasteiger partial charge is 0.233 e. The third-order valence-corrected chi connectivity index (χ3v) is 6.71. The molecule has 0 N–H and O–H groups in total. The van der Waals surface area contributed by atoms with Crippen molar-refractivity contribution in [1.29, 1.82) is 0 Å². The lowest BCUT2D eigenvalue weighted by Crippen LogP contribution is -2.42. The van der Waals surface area contributed by atoms with E-state index in [1.165, 1.54) is 43.9 Å². The minimum Gasteiger partial charge on any atom is -0.339 e. The van der Waals surface area contributed by atoms with Gasteiger partial charge in [0, 0.05) is 12.6 Å². The molecular formula is C14H23N3OS3. The van der Waals surface area contributed by atoms with Gasteiger partial charge >= 0.3 is 0 Å². The van der Waals surface area contributed by atoms with Gasteiger partial charge in [-0.05, 0) is 25.5 Å². The molecule has 0 saturated heterocycles. The number of hydrogen-bond acceptors (Lipinski definition) is 6. The molecule has 1 saturated carbocycles. The largest absolute Gasteiger partial charge is 0.339 e. The minimum absolute atomic E-state index is 0.245. The zero-order valence-corrected chi connectivity index (χ0v) is 15.2. The van der Waals surface area contributed by atoms with Crippen LogP contribution in [0.2, 0.25) is 0 Å². The number of amides is 1. The first-order chi connectivity index (χ1) is 10.2. The Hall–Kier alpha value is -0.270. The van der Waals surface area contributed by atoms with Gasteiger partial charge in [-0.3, -0.25) is 4.79 Å². The van der Waals surface area contributed by atoms with E-state index in [1.54, 1.807) is 23.1 Å². The second-order valence-corrected chi connectivity index (χ2v) is 8.74. The van der Waals surface area contributed by atoms with E-state index in [1.807, 2.05) is 0 Å². The van der Waals surface area contributed by atoms with Crippen molar-refractivity contribution in [2.45, 2.75) is 60.7 Å². The zero-order valence-electron chi connectivity index (χ0n) is 12.7. The highest BCUT2D eigenvalue weighted by atomic mass is 32.2. The Bertz CT molecular complexity index is 446. The topological polar surface area (TPSA) is 46.1 Å². The molecule has 2 rings (SSSR count). The summed E-state index contributed by atoms with van der Waals surface area (Å²) in [5, 5.41) is 8.27. The molecule has 1 aromatic rings. The molecule has 0 radical (unpaired) electrons. The standard InChI is InChI=1S/C14H23N3OS3/c1-3-17(11-8-6-5-7-9-11)12(18)10-20-14-16-15-13(21-14)19-4-2/h11H,3-10H2,1-2H3. The number of aromatic nitrogens is 2. The van der Waals surface area contributed by atoms with Crippen LogP contribution < -0.4 is 0 Å². The summed E-state index contributed by atoms with van der Waals surface area (Å²) in [6.07, 6.45) is 6.17. The van der Waals surface area contributed by atoms with Crippen molar-refractivity contribution in [1.82, 2.24) is 15.1 Å². The minimum atomic E-state index is 0.245. The van der Waals surface area contributed by atoms with E-state index in [4.69, 9.17) is 0 Å². The van der Waals surface area contributed by atoms with Gasteiger partial charge in [-0.1, -0.05) is 61.0 Å². The van der Waals surface area contributed by atoms with E-state index in [2.05, 4.69) is 28.9 Å². The molecule has 4 nitrogen and oxygen atoms in total. The van der Waals surface area contributed by atoms with Gasteiger partial charge in [0.15, 0.2) is 8.68 Å². The molecule has 1 aliphatic carbocycles. The average molecular weight is 346 g/mol. The summed E-state index contributed by atoms with van der Waals surface area (Å²) in [7, 11) is 0. The fourth-order valence-corrected chi connectivity index (χ4v) is 5.48. The Labute approximate surface area is 139 Å². The van der Waals surface area contributed by atoms with Crippen molar-refractivity contribution in [3.63, 3.8) is 0 Å². The van der Waals surface area contributed by atoms with E-state index in [0.29, 0.717) is 11.8 Å². The van der Waals surface area contributed by atoms with E-state index in [-0.39, 0.29) is 5.91 Å². The van der Waals surface area contributed by atoms with Crippen LogP contribution in [0.5, 0.6) is 0 Å². The fourth-order valence-electron chi connectivity index (χ4n) is 2.67. The summed E-state index contributed by atoms with van der Waals surface area (Å²) in [6.45, 7) is 5.00. The third-order valence-electron chi connectivity index (χ3n) is 3.65. The van der Waals surface area contributed by atoms with Gasteiger partial charge in [-0.2, -0.15) is 0 Å². The van der Waals surface area contributed by atoms with Crippen LogP contribution in [0.1, 0.15) is 46.0 Å². The van der Waals surface area contributed by atoms with Gasteiger partial charge in [0.2, 0.25) is 5.91 Å². The van der Waals surface area contributed by atoms with E-state index < -0.39 is 0 Å². The lowest BCUT2D eigenvalue weighted by Gasteiger charge is -2.33. The van der Waals surface area contributed by atoms with Crippen molar-refractivity contribution in [2.24, 2.45) is 0 Å². The summed E-state index contributed by atoms with van der Waals surface area (Å²) in [5.74, 6) is 1.73. The van der Waals surface area contributed by atoms with Gasteiger partial charge in [-0.15, -0.1) is 10.2 Å². The second kappa shape index (κ2) is 9.00. The summed E-state index contributed by atoms with van der Waals surface area (Å²) in [5.41, 5.74) is 0. The Morgan fingerprint density at radius 1 is 1.19 bits per heavy atom. The molecule has 0 bridgehead atoms. The Morgan fingerprint density at radius 3 is 2.48 bits per heavy atom. The molecule has 21 heavy (non-hydrogen) atoms. The van der Waals surface area contributed by atoms with Crippen molar-refractivity contribution in [2.75, 3.05) is 18.1 Å². The molecule has 118 valence electrons. The number of thioether (sulfide) groups is 2. The van der Waals surface area contributed by atoms with Gasteiger partial charge in [-0.25, -0.2) is 0 Å². The molecule has 1 amide bonds. The predicted molar refractivity (Wildman–Crippen MR) is 91.3 cm³/mol. The highest BCUT2D eigenvalue weighted by molar-refractivity contribution is 8.03.